The second-order valence-corrected chi connectivity index (χ2v) is 7.07. The summed E-state index contributed by atoms with van der Waals surface area (Å²) in [6, 6.07) is 7.73. The minimum Gasteiger partial charge on any atom is -0.376 e. The van der Waals surface area contributed by atoms with E-state index in [1.54, 1.807) is 11.3 Å². The van der Waals surface area contributed by atoms with Crippen LogP contribution in [-0.2, 0) is 17.8 Å². The smallest absolute Gasteiger partial charge is 0.251 e. The van der Waals surface area contributed by atoms with Gasteiger partial charge in [0.1, 0.15) is 0 Å². The molecule has 1 amide bonds. The number of thiazole rings is 1. The number of aryl methyl sites for hydroxylation is 1. The second-order valence-electron chi connectivity index (χ2n) is 6.01. The van der Waals surface area contributed by atoms with Crippen LogP contribution in [0, 0.1) is 6.92 Å². The molecule has 0 bridgehead atoms. The Kier molecular flexibility index (Phi) is 5.96. The lowest BCUT2D eigenvalue weighted by Gasteiger charge is -2.11. The van der Waals surface area contributed by atoms with Crippen LogP contribution in [0.4, 0.5) is 0 Å². The summed E-state index contributed by atoms with van der Waals surface area (Å²) in [4.78, 5) is 16.7. The molecule has 1 aromatic heterocycles. The fourth-order valence-corrected chi connectivity index (χ4v) is 3.37. The number of nitrogens with one attached hydrogen (secondary N) is 2. The highest BCUT2D eigenvalue weighted by Crippen LogP contribution is 2.12. The standard InChI is InChI=1S/C18H23N3O2S/c1-13-21-16(12-24-13)10-19-9-14-4-2-5-15(8-14)18(22)20-11-17-6-3-7-23-17/h2,4-5,8,12,17,19H,3,6-7,9-11H2,1H3,(H,20,22)/t17-/m1/s1. The highest BCUT2D eigenvalue weighted by atomic mass is 32.1. The van der Waals surface area contributed by atoms with Gasteiger partial charge in [-0.05, 0) is 37.5 Å². The zero-order valence-electron chi connectivity index (χ0n) is 13.9. The zero-order valence-corrected chi connectivity index (χ0v) is 14.7. The highest BCUT2D eigenvalue weighted by Gasteiger charge is 2.16. The SMILES string of the molecule is Cc1nc(CNCc2cccc(C(=O)NC[C@H]3CCCO3)c2)cs1. The topological polar surface area (TPSA) is 63.2 Å². The zero-order chi connectivity index (χ0) is 16.8. The van der Waals surface area contributed by atoms with E-state index in [0.29, 0.717) is 18.7 Å². The van der Waals surface area contributed by atoms with Crippen molar-refractivity contribution in [2.45, 2.75) is 39.0 Å². The first-order chi connectivity index (χ1) is 11.7. The van der Waals surface area contributed by atoms with Gasteiger partial charge in [-0.15, -0.1) is 11.3 Å². The first-order valence-corrected chi connectivity index (χ1v) is 9.19. The van der Waals surface area contributed by atoms with Gasteiger partial charge in [-0.1, -0.05) is 12.1 Å². The number of ether oxygens (including phenoxy) is 1. The van der Waals surface area contributed by atoms with E-state index in [0.717, 1.165) is 42.3 Å². The van der Waals surface area contributed by atoms with Crippen molar-refractivity contribution in [2.75, 3.05) is 13.2 Å². The first-order valence-electron chi connectivity index (χ1n) is 8.31. The molecule has 0 aliphatic carbocycles. The van der Waals surface area contributed by atoms with Crippen LogP contribution in [0.3, 0.4) is 0 Å². The maximum Gasteiger partial charge on any atom is 0.251 e. The van der Waals surface area contributed by atoms with Gasteiger partial charge in [0.2, 0.25) is 0 Å². The fraction of sp³-hybridized carbons (Fsp3) is 0.444. The van der Waals surface area contributed by atoms with Crippen LogP contribution in [-0.4, -0.2) is 30.1 Å². The second kappa shape index (κ2) is 8.37. The molecule has 0 unspecified atom stereocenters. The Morgan fingerprint density at radius 1 is 1.42 bits per heavy atom. The largest absolute Gasteiger partial charge is 0.376 e. The van der Waals surface area contributed by atoms with E-state index in [1.807, 2.05) is 31.2 Å². The number of aromatic nitrogens is 1. The lowest BCUT2D eigenvalue weighted by Crippen LogP contribution is -2.31. The molecule has 2 aromatic rings. The highest BCUT2D eigenvalue weighted by molar-refractivity contribution is 7.09. The van der Waals surface area contributed by atoms with Crippen LogP contribution in [0.2, 0.25) is 0 Å². The Bertz CT molecular complexity index is 680. The summed E-state index contributed by atoms with van der Waals surface area (Å²) < 4.78 is 5.53. The van der Waals surface area contributed by atoms with Gasteiger partial charge in [0.15, 0.2) is 0 Å². The number of nitrogens with zero attached hydrogens (tertiary/aromatic N) is 1. The lowest BCUT2D eigenvalue weighted by molar-refractivity contribution is 0.0857. The predicted octanol–water partition coefficient (Wildman–Crippen LogP) is 2.65. The number of carbonyl (C=O) groups excluding carboxylic acids is 1. The molecule has 1 saturated heterocycles. The van der Waals surface area contributed by atoms with E-state index >= 15 is 0 Å². The van der Waals surface area contributed by atoms with Crippen molar-refractivity contribution in [1.29, 1.82) is 0 Å². The van der Waals surface area contributed by atoms with E-state index in [9.17, 15) is 4.79 Å². The summed E-state index contributed by atoms with van der Waals surface area (Å²) in [6.07, 6.45) is 2.28. The van der Waals surface area contributed by atoms with Gasteiger partial charge < -0.3 is 15.4 Å². The molecule has 3 rings (SSSR count). The number of amides is 1. The molecule has 2 N–H and O–H groups in total. The molecule has 24 heavy (non-hydrogen) atoms. The summed E-state index contributed by atoms with van der Waals surface area (Å²) in [5.74, 6) is -0.0394. The minimum atomic E-state index is -0.0394. The monoisotopic (exact) mass is 345 g/mol. The van der Waals surface area contributed by atoms with Crippen LogP contribution in [0.1, 0.15) is 39.5 Å². The van der Waals surface area contributed by atoms with E-state index in [1.165, 1.54) is 0 Å². The van der Waals surface area contributed by atoms with Crippen molar-refractivity contribution in [3.63, 3.8) is 0 Å². The molecule has 0 radical (unpaired) electrons. The van der Waals surface area contributed by atoms with Gasteiger partial charge in [-0.25, -0.2) is 4.98 Å². The van der Waals surface area contributed by atoms with Crippen LogP contribution in [0.5, 0.6) is 0 Å². The Morgan fingerprint density at radius 3 is 3.08 bits per heavy atom. The molecule has 0 spiro atoms. The molecular weight excluding hydrogens is 322 g/mol. The van der Waals surface area contributed by atoms with Gasteiger partial charge in [0, 0.05) is 37.2 Å². The van der Waals surface area contributed by atoms with E-state index in [4.69, 9.17) is 4.74 Å². The quantitative estimate of drug-likeness (QED) is 0.810. The molecule has 1 aliphatic rings. The Hall–Kier alpha value is -1.76. The third-order valence-electron chi connectivity index (χ3n) is 4.01. The molecule has 1 fully saturated rings. The van der Waals surface area contributed by atoms with Crippen LogP contribution in [0.15, 0.2) is 29.6 Å². The summed E-state index contributed by atoms with van der Waals surface area (Å²) in [5, 5.41) is 9.47. The molecule has 2 heterocycles. The van der Waals surface area contributed by atoms with Gasteiger partial charge in [0.25, 0.3) is 5.91 Å². The van der Waals surface area contributed by atoms with Crippen molar-refractivity contribution in [3.8, 4) is 0 Å². The van der Waals surface area contributed by atoms with Gasteiger partial charge in [-0.2, -0.15) is 0 Å². The third kappa shape index (κ3) is 4.87. The number of carbonyl (C=O) groups is 1. The van der Waals surface area contributed by atoms with E-state index in [2.05, 4.69) is 21.0 Å². The predicted molar refractivity (Wildman–Crippen MR) is 95.1 cm³/mol. The fourth-order valence-electron chi connectivity index (χ4n) is 2.76. The molecule has 1 atom stereocenters. The van der Waals surface area contributed by atoms with Gasteiger partial charge >= 0.3 is 0 Å². The summed E-state index contributed by atoms with van der Waals surface area (Å²) in [5.41, 5.74) is 2.84. The van der Waals surface area contributed by atoms with E-state index in [-0.39, 0.29) is 12.0 Å². The Morgan fingerprint density at radius 2 is 2.33 bits per heavy atom. The Balaban J connectivity index is 1.48. The molecule has 128 valence electrons. The Labute approximate surface area is 146 Å². The number of hydrogen-bond acceptors (Lipinski definition) is 5. The molecule has 6 heteroatoms. The third-order valence-corrected chi connectivity index (χ3v) is 4.83. The van der Waals surface area contributed by atoms with Crippen molar-refractivity contribution in [3.05, 3.63) is 51.5 Å². The number of benzene rings is 1. The molecule has 0 saturated carbocycles. The molecule has 5 nitrogen and oxygen atoms in total. The average Bonchev–Trinajstić information content (AvgIpc) is 3.25. The molecule has 1 aromatic carbocycles. The maximum atomic E-state index is 12.3. The van der Waals surface area contributed by atoms with Crippen LogP contribution in [0.25, 0.3) is 0 Å². The molecule has 1 aliphatic heterocycles. The van der Waals surface area contributed by atoms with Crippen molar-refractivity contribution in [2.24, 2.45) is 0 Å². The van der Waals surface area contributed by atoms with Crippen LogP contribution >= 0.6 is 11.3 Å². The van der Waals surface area contributed by atoms with Crippen LogP contribution < -0.4 is 10.6 Å². The summed E-state index contributed by atoms with van der Waals surface area (Å²) >= 11 is 1.66. The maximum absolute atomic E-state index is 12.3. The van der Waals surface area contributed by atoms with Gasteiger partial charge in [0.05, 0.1) is 16.8 Å². The van der Waals surface area contributed by atoms with Crippen molar-refractivity contribution < 1.29 is 9.53 Å². The van der Waals surface area contributed by atoms with E-state index < -0.39 is 0 Å². The normalized spacial score (nSPS) is 17.1. The molecular formula is C18H23N3O2S. The first kappa shape index (κ1) is 17.1. The van der Waals surface area contributed by atoms with Gasteiger partial charge in [-0.3, -0.25) is 4.79 Å². The number of rotatable bonds is 7. The lowest BCUT2D eigenvalue weighted by atomic mass is 10.1. The average molecular weight is 345 g/mol. The minimum absolute atomic E-state index is 0.0394. The summed E-state index contributed by atoms with van der Waals surface area (Å²) in [6.45, 7) is 4.85. The van der Waals surface area contributed by atoms with Crippen molar-refractivity contribution in [1.82, 2.24) is 15.6 Å². The van der Waals surface area contributed by atoms with Crippen molar-refractivity contribution >= 4 is 17.2 Å². The number of hydrogen-bond donors (Lipinski definition) is 2. The summed E-state index contributed by atoms with van der Waals surface area (Å²) in [7, 11) is 0.